The topological polar surface area (TPSA) is 40.6 Å². The largest absolute Gasteiger partial charge is 0.340 e. The van der Waals surface area contributed by atoms with Gasteiger partial charge in [-0.2, -0.15) is 0 Å². The zero-order valence-electron chi connectivity index (χ0n) is 13.9. The van der Waals surface area contributed by atoms with Crippen LogP contribution in [0.15, 0.2) is 24.3 Å². The predicted molar refractivity (Wildman–Crippen MR) is 92.9 cm³/mol. The van der Waals surface area contributed by atoms with Crippen molar-refractivity contribution in [3.05, 3.63) is 34.9 Å². The smallest absolute Gasteiger partial charge is 0.225 e. The van der Waals surface area contributed by atoms with Crippen molar-refractivity contribution in [3.63, 3.8) is 0 Å². The van der Waals surface area contributed by atoms with E-state index < -0.39 is 0 Å². The van der Waals surface area contributed by atoms with Crippen LogP contribution in [0.25, 0.3) is 0 Å². The first-order chi connectivity index (χ1) is 11.0. The monoisotopic (exact) mass is 336 g/mol. The summed E-state index contributed by atoms with van der Waals surface area (Å²) in [6.07, 6.45) is 1.79. The van der Waals surface area contributed by atoms with Gasteiger partial charge < -0.3 is 4.90 Å². The Bertz CT molecular complexity index is 532. The number of carbonyl (C=O) groups excluding carboxylic acids is 2. The van der Waals surface area contributed by atoms with Gasteiger partial charge in [0.1, 0.15) is 0 Å². The van der Waals surface area contributed by atoms with E-state index in [9.17, 15) is 9.59 Å². The molecule has 0 N–H and O–H groups in total. The second kappa shape index (κ2) is 8.46. The van der Waals surface area contributed by atoms with Gasteiger partial charge in [0.25, 0.3) is 0 Å². The van der Waals surface area contributed by atoms with Crippen LogP contribution in [0.3, 0.4) is 0 Å². The van der Waals surface area contributed by atoms with Gasteiger partial charge >= 0.3 is 0 Å². The van der Waals surface area contributed by atoms with Crippen molar-refractivity contribution in [2.75, 3.05) is 32.7 Å². The lowest BCUT2D eigenvalue weighted by atomic mass is 10.0. The summed E-state index contributed by atoms with van der Waals surface area (Å²) in [7, 11) is 0. The Morgan fingerprint density at radius 2 is 1.61 bits per heavy atom. The highest BCUT2D eigenvalue weighted by molar-refractivity contribution is 6.30. The fraction of sp³-hybridized carbons (Fsp3) is 0.556. The third-order valence-corrected chi connectivity index (χ3v) is 4.80. The van der Waals surface area contributed by atoms with Crippen molar-refractivity contribution in [1.82, 2.24) is 9.80 Å². The summed E-state index contributed by atoms with van der Waals surface area (Å²) >= 11 is 5.84. The maximum Gasteiger partial charge on any atom is 0.225 e. The van der Waals surface area contributed by atoms with E-state index in [1.54, 1.807) is 24.3 Å². The van der Waals surface area contributed by atoms with Crippen molar-refractivity contribution in [2.45, 2.75) is 26.7 Å². The van der Waals surface area contributed by atoms with E-state index in [0.717, 1.165) is 25.9 Å². The molecule has 5 heteroatoms. The van der Waals surface area contributed by atoms with E-state index in [1.165, 1.54) is 0 Å². The summed E-state index contributed by atoms with van der Waals surface area (Å²) < 4.78 is 0. The molecular weight excluding hydrogens is 312 g/mol. The van der Waals surface area contributed by atoms with Crippen molar-refractivity contribution in [2.24, 2.45) is 5.92 Å². The van der Waals surface area contributed by atoms with E-state index in [4.69, 9.17) is 11.6 Å². The second-order valence-electron chi connectivity index (χ2n) is 6.04. The fourth-order valence-corrected chi connectivity index (χ4v) is 3.08. The average Bonchev–Trinajstić information content (AvgIpc) is 2.57. The van der Waals surface area contributed by atoms with E-state index in [0.29, 0.717) is 30.2 Å². The van der Waals surface area contributed by atoms with Crippen molar-refractivity contribution >= 4 is 23.3 Å². The number of benzene rings is 1. The Morgan fingerprint density at radius 3 is 2.13 bits per heavy atom. The molecule has 0 radical (unpaired) electrons. The van der Waals surface area contributed by atoms with Gasteiger partial charge in [-0.25, -0.2) is 0 Å². The highest BCUT2D eigenvalue weighted by Crippen LogP contribution is 2.15. The van der Waals surface area contributed by atoms with Gasteiger partial charge in [-0.1, -0.05) is 25.4 Å². The van der Waals surface area contributed by atoms with Crippen LogP contribution in [0.4, 0.5) is 0 Å². The SMILES string of the molecule is CCC(CC)C(=O)N1CCN(CC(=O)c2ccc(Cl)cc2)CC1. The Morgan fingerprint density at radius 1 is 1.04 bits per heavy atom. The molecule has 0 bridgehead atoms. The molecule has 0 aliphatic carbocycles. The molecule has 1 aliphatic rings. The molecule has 1 aromatic rings. The molecule has 0 aromatic heterocycles. The van der Waals surface area contributed by atoms with Crippen LogP contribution in [-0.2, 0) is 4.79 Å². The number of Topliss-reactive ketones (excluding diaryl/α,β-unsaturated/α-hetero) is 1. The van der Waals surface area contributed by atoms with Gasteiger partial charge in [0, 0.05) is 42.7 Å². The number of nitrogens with zero attached hydrogens (tertiary/aromatic N) is 2. The molecule has 0 unspecified atom stereocenters. The summed E-state index contributed by atoms with van der Waals surface area (Å²) in [5, 5.41) is 0.634. The lowest BCUT2D eigenvalue weighted by Crippen LogP contribution is -2.51. The van der Waals surface area contributed by atoms with Gasteiger partial charge in [0.05, 0.1) is 6.54 Å². The van der Waals surface area contributed by atoms with E-state index >= 15 is 0 Å². The van der Waals surface area contributed by atoms with Crippen LogP contribution >= 0.6 is 11.6 Å². The zero-order chi connectivity index (χ0) is 16.8. The number of amides is 1. The fourth-order valence-electron chi connectivity index (χ4n) is 2.95. The number of hydrogen-bond donors (Lipinski definition) is 0. The summed E-state index contributed by atoms with van der Waals surface area (Å²) in [4.78, 5) is 28.7. The van der Waals surface area contributed by atoms with Crippen LogP contribution in [0.1, 0.15) is 37.0 Å². The van der Waals surface area contributed by atoms with Gasteiger partial charge in [0.15, 0.2) is 5.78 Å². The van der Waals surface area contributed by atoms with Crippen LogP contribution in [0.5, 0.6) is 0 Å². The third kappa shape index (κ3) is 4.79. The van der Waals surface area contributed by atoms with Crippen molar-refractivity contribution in [3.8, 4) is 0 Å². The molecule has 1 aliphatic heterocycles. The number of rotatable bonds is 6. The maximum atomic E-state index is 12.4. The highest BCUT2D eigenvalue weighted by Gasteiger charge is 2.26. The molecule has 126 valence electrons. The number of carbonyl (C=O) groups is 2. The zero-order valence-corrected chi connectivity index (χ0v) is 14.7. The summed E-state index contributed by atoms with van der Waals surface area (Å²) in [6, 6.07) is 7.00. The molecule has 1 fully saturated rings. The average molecular weight is 337 g/mol. The van der Waals surface area contributed by atoms with Gasteiger partial charge in [0.2, 0.25) is 5.91 Å². The van der Waals surface area contributed by atoms with E-state index in [-0.39, 0.29) is 17.6 Å². The minimum absolute atomic E-state index is 0.0986. The van der Waals surface area contributed by atoms with Crippen molar-refractivity contribution < 1.29 is 9.59 Å². The molecule has 0 spiro atoms. The summed E-state index contributed by atoms with van der Waals surface area (Å²) in [5.41, 5.74) is 0.685. The molecule has 2 rings (SSSR count). The molecule has 4 nitrogen and oxygen atoms in total. The number of hydrogen-bond acceptors (Lipinski definition) is 3. The first-order valence-corrected chi connectivity index (χ1v) is 8.72. The number of piperazine rings is 1. The minimum Gasteiger partial charge on any atom is -0.340 e. The minimum atomic E-state index is 0.0986. The third-order valence-electron chi connectivity index (χ3n) is 4.55. The predicted octanol–water partition coefficient (Wildman–Crippen LogP) is 3.10. The molecule has 23 heavy (non-hydrogen) atoms. The summed E-state index contributed by atoms with van der Waals surface area (Å²) in [5.74, 6) is 0.498. The molecule has 0 saturated carbocycles. The first kappa shape index (κ1) is 18.0. The standard InChI is InChI=1S/C18H25ClN2O2/c1-3-14(4-2)18(23)21-11-9-20(10-12-21)13-17(22)15-5-7-16(19)8-6-15/h5-8,14H,3-4,9-13H2,1-2H3. The molecule has 1 heterocycles. The quantitative estimate of drug-likeness (QED) is 0.749. The van der Waals surface area contributed by atoms with Crippen LogP contribution in [0, 0.1) is 5.92 Å². The van der Waals surface area contributed by atoms with Crippen LogP contribution in [-0.4, -0.2) is 54.2 Å². The van der Waals surface area contributed by atoms with E-state index in [2.05, 4.69) is 18.7 Å². The maximum absolute atomic E-state index is 12.4. The summed E-state index contributed by atoms with van der Waals surface area (Å²) in [6.45, 7) is 7.46. The normalized spacial score (nSPS) is 15.9. The first-order valence-electron chi connectivity index (χ1n) is 8.35. The van der Waals surface area contributed by atoms with Gasteiger partial charge in [-0.3, -0.25) is 14.5 Å². The van der Waals surface area contributed by atoms with Crippen LogP contribution in [0.2, 0.25) is 5.02 Å². The van der Waals surface area contributed by atoms with Gasteiger partial charge in [-0.05, 0) is 37.1 Å². The Hall–Kier alpha value is -1.39. The van der Waals surface area contributed by atoms with Crippen molar-refractivity contribution in [1.29, 1.82) is 0 Å². The lowest BCUT2D eigenvalue weighted by molar-refractivity contribution is -0.137. The van der Waals surface area contributed by atoms with Crippen LogP contribution < -0.4 is 0 Å². The number of ketones is 1. The molecule has 1 amide bonds. The molecular formula is C18H25ClN2O2. The molecule has 1 aromatic carbocycles. The Labute approximate surface area is 143 Å². The van der Waals surface area contributed by atoms with E-state index in [1.807, 2.05) is 4.90 Å². The van der Waals surface area contributed by atoms with Gasteiger partial charge in [-0.15, -0.1) is 0 Å². The highest BCUT2D eigenvalue weighted by atomic mass is 35.5. The molecule has 1 saturated heterocycles. The number of halogens is 1. The molecule has 0 atom stereocenters. The Balaban J connectivity index is 1.83. The second-order valence-corrected chi connectivity index (χ2v) is 6.48. The lowest BCUT2D eigenvalue weighted by Gasteiger charge is -2.36. The Kier molecular flexibility index (Phi) is 6.60.